The Bertz CT molecular complexity index is 174. The number of hydrogen-bond acceptors (Lipinski definition) is 4. The van der Waals surface area contributed by atoms with E-state index in [2.05, 4.69) is 4.99 Å². The molecule has 1 aliphatic rings. The molecule has 64 valence electrons. The van der Waals surface area contributed by atoms with Crippen molar-refractivity contribution >= 4 is 17.5 Å². The average Bonchev–Trinajstić information content (AvgIpc) is 2.32. The van der Waals surface area contributed by atoms with E-state index >= 15 is 0 Å². The van der Waals surface area contributed by atoms with E-state index < -0.39 is 5.60 Å². The molecular formula is C7H14N2OS. The van der Waals surface area contributed by atoms with Crippen LogP contribution in [0.4, 0.5) is 0 Å². The number of nitrogens with zero attached hydrogens (tertiary/aromatic N) is 1. The summed E-state index contributed by atoms with van der Waals surface area (Å²) in [5, 5.41) is 9.71. The molecule has 0 aromatic rings. The van der Waals surface area contributed by atoms with Crippen LogP contribution in [-0.2, 0) is 0 Å². The van der Waals surface area contributed by atoms with E-state index in [-0.39, 0.29) is 5.37 Å². The fourth-order valence-corrected chi connectivity index (χ4v) is 1.99. The molecule has 1 aliphatic heterocycles. The monoisotopic (exact) mass is 174 g/mol. The highest BCUT2D eigenvalue weighted by Gasteiger charge is 2.27. The smallest absolute Gasteiger partial charge is 0.108 e. The van der Waals surface area contributed by atoms with Crippen LogP contribution in [0, 0.1) is 0 Å². The Morgan fingerprint density at radius 2 is 2.45 bits per heavy atom. The number of rotatable bonds is 2. The highest BCUT2D eigenvalue weighted by atomic mass is 32.2. The maximum atomic E-state index is 9.55. The van der Waals surface area contributed by atoms with Crippen LogP contribution in [0.15, 0.2) is 4.99 Å². The van der Waals surface area contributed by atoms with Gasteiger partial charge in [-0.15, -0.1) is 11.8 Å². The van der Waals surface area contributed by atoms with Crippen LogP contribution in [0.2, 0.25) is 0 Å². The molecule has 0 bridgehead atoms. The maximum absolute atomic E-state index is 9.55. The summed E-state index contributed by atoms with van der Waals surface area (Å²) in [7, 11) is 0. The third-order valence-corrected chi connectivity index (χ3v) is 2.74. The van der Waals surface area contributed by atoms with E-state index in [9.17, 15) is 5.11 Å². The number of thioether (sulfide) groups is 1. The van der Waals surface area contributed by atoms with Crippen LogP contribution in [0.3, 0.4) is 0 Å². The first-order valence-corrected chi connectivity index (χ1v) is 4.70. The number of aliphatic hydroxyl groups is 1. The van der Waals surface area contributed by atoms with Crippen molar-refractivity contribution in [3.05, 3.63) is 0 Å². The summed E-state index contributed by atoms with van der Waals surface area (Å²) in [6.07, 6.45) is 0. The third kappa shape index (κ3) is 2.18. The minimum atomic E-state index is -0.767. The van der Waals surface area contributed by atoms with Gasteiger partial charge in [0.1, 0.15) is 5.37 Å². The Balaban J connectivity index is 2.62. The van der Waals surface area contributed by atoms with Crippen molar-refractivity contribution in [2.75, 3.05) is 12.3 Å². The molecular weight excluding hydrogens is 160 g/mol. The average molecular weight is 174 g/mol. The van der Waals surface area contributed by atoms with Crippen LogP contribution in [0.1, 0.15) is 13.8 Å². The molecule has 0 amide bonds. The van der Waals surface area contributed by atoms with Gasteiger partial charge in [0.25, 0.3) is 0 Å². The molecule has 0 aromatic heterocycles. The lowest BCUT2D eigenvalue weighted by atomic mass is 10.1. The molecule has 1 rings (SSSR count). The van der Waals surface area contributed by atoms with Crippen LogP contribution in [0.25, 0.3) is 0 Å². The van der Waals surface area contributed by atoms with Crippen LogP contribution >= 0.6 is 11.8 Å². The second-order valence-corrected chi connectivity index (χ2v) is 4.30. The Morgan fingerprint density at radius 3 is 2.73 bits per heavy atom. The molecule has 0 aliphatic carbocycles. The van der Waals surface area contributed by atoms with Gasteiger partial charge in [-0.25, -0.2) is 0 Å². The molecule has 1 unspecified atom stereocenters. The van der Waals surface area contributed by atoms with Crippen molar-refractivity contribution in [1.82, 2.24) is 0 Å². The number of hydrogen-bond donors (Lipinski definition) is 2. The van der Waals surface area contributed by atoms with Crippen molar-refractivity contribution in [1.29, 1.82) is 0 Å². The summed E-state index contributed by atoms with van der Waals surface area (Å²) in [5.74, 6) is 0.811. The molecule has 0 spiro atoms. The van der Waals surface area contributed by atoms with Gasteiger partial charge in [0.15, 0.2) is 0 Å². The van der Waals surface area contributed by atoms with Gasteiger partial charge in [0, 0.05) is 12.3 Å². The Hall–Kier alpha value is -0.0600. The van der Waals surface area contributed by atoms with Crippen molar-refractivity contribution in [3.63, 3.8) is 0 Å². The molecule has 0 saturated carbocycles. The summed E-state index contributed by atoms with van der Waals surface area (Å²) in [4.78, 5) is 4.28. The van der Waals surface area contributed by atoms with Gasteiger partial charge >= 0.3 is 0 Å². The Labute approximate surface area is 71.1 Å². The van der Waals surface area contributed by atoms with E-state index in [4.69, 9.17) is 5.73 Å². The largest absolute Gasteiger partial charge is 0.384 e. The molecule has 11 heavy (non-hydrogen) atoms. The fourth-order valence-electron chi connectivity index (χ4n) is 0.879. The molecule has 4 heteroatoms. The van der Waals surface area contributed by atoms with Crippen LogP contribution < -0.4 is 5.73 Å². The van der Waals surface area contributed by atoms with Crippen molar-refractivity contribution < 1.29 is 5.11 Å². The quantitative estimate of drug-likeness (QED) is 0.630. The van der Waals surface area contributed by atoms with Crippen molar-refractivity contribution in [2.24, 2.45) is 10.7 Å². The van der Waals surface area contributed by atoms with E-state index in [1.165, 1.54) is 0 Å². The highest BCUT2D eigenvalue weighted by Crippen LogP contribution is 2.24. The lowest BCUT2D eigenvalue weighted by Gasteiger charge is -2.15. The molecule has 0 radical (unpaired) electrons. The van der Waals surface area contributed by atoms with E-state index in [0.717, 1.165) is 11.5 Å². The van der Waals surface area contributed by atoms with E-state index in [1.807, 2.05) is 0 Å². The summed E-state index contributed by atoms with van der Waals surface area (Å²) in [6, 6.07) is 0. The van der Waals surface area contributed by atoms with Gasteiger partial charge in [0.2, 0.25) is 0 Å². The fraction of sp³-hybridized carbons (Fsp3) is 0.857. The second kappa shape index (κ2) is 3.13. The summed E-state index contributed by atoms with van der Waals surface area (Å²) in [5.41, 5.74) is 5.52. The standard InChI is InChI=1S/C7H14N2OS/c1-7(2,10)5-4-11-6(3-8)9-5/h6,10H,3-4,8H2,1-2H3. The third-order valence-electron chi connectivity index (χ3n) is 1.62. The van der Waals surface area contributed by atoms with E-state index in [1.54, 1.807) is 25.6 Å². The van der Waals surface area contributed by atoms with Gasteiger partial charge in [-0.1, -0.05) is 0 Å². The molecule has 1 heterocycles. The zero-order chi connectivity index (χ0) is 8.48. The zero-order valence-electron chi connectivity index (χ0n) is 6.87. The second-order valence-electron chi connectivity index (χ2n) is 3.14. The summed E-state index contributed by atoms with van der Waals surface area (Å²) >= 11 is 1.69. The normalized spacial score (nSPS) is 25.5. The van der Waals surface area contributed by atoms with Gasteiger partial charge in [0.05, 0.1) is 11.3 Å². The summed E-state index contributed by atoms with van der Waals surface area (Å²) < 4.78 is 0. The predicted molar refractivity (Wildman–Crippen MR) is 49.0 cm³/mol. The highest BCUT2D eigenvalue weighted by molar-refractivity contribution is 8.00. The minimum Gasteiger partial charge on any atom is -0.384 e. The van der Waals surface area contributed by atoms with Crippen molar-refractivity contribution in [2.45, 2.75) is 24.8 Å². The van der Waals surface area contributed by atoms with E-state index in [0.29, 0.717) is 6.54 Å². The summed E-state index contributed by atoms with van der Waals surface area (Å²) in [6.45, 7) is 4.07. The molecule has 0 fully saturated rings. The number of aliphatic imine (C=N–C) groups is 1. The predicted octanol–water partition coefficient (Wildman–Crippen LogP) is 0.230. The lowest BCUT2D eigenvalue weighted by molar-refractivity contribution is 0.153. The first kappa shape index (κ1) is 9.03. The molecule has 3 N–H and O–H groups in total. The Morgan fingerprint density at radius 1 is 1.82 bits per heavy atom. The van der Waals surface area contributed by atoms with Gasteiger partial charge < -0.3 is 10.8 Å². The van der Waals surface area contributed by atoms with Crippen LogP contribution in [0.5, 0.6) is 0 Å². The lowest BCUT2D eigenvalue weighted by Crippen LogP contribution is -2.31. The van der Waals surface area contributed by atoms with Crippen molar-refractivity contribution in [3.8, 4) is 0 Å². The van der Waals surface area contributed by atoms with Gasteiger partial charge in [-0.3, -0.25) is 4.99 Å². The first-order valence-electron chi connectivity index (χ1n) is 3.65. The van der Waals surface area contributed by atoms with Crippen LogP contribution in [-0.4, -0.2) is 34.1 Å². The first-order chi connectivity index (χ1) is 5.04. The SMILES string of the molecule is CC(C)(O)C1=NC(CN)SC1. The Kier molecular flexibility index (Phi) is 2.57. The maximum Gasteiger partial charge on any atom is 0.108 e. The zero-order valence-corrected chi connectivity index (χ0v) is 7.69. The number of nitrogens with two attached hydrogens (primary N) is 1. The minimum absolute atomic E-state index is 0.163. The van der Waals surface area contributed by atoms with Gasteiger partial charge in [-0.05, 0) is 13.8 Å². The molecule has 0 aromatic carbocycles. The topological polar surface area (TPSA) is 58.6 Å². The molecule has 3 nitrogen and oxygen atoms in total. The molecule has 1 atom stereocenters. The van der Waals surface area contributed by atoms with Gasteiger partial charge in [-0.2, -0.15) is 0 Å². The molecule has 0 saturated heterocycles.